The maximum atomic E-state index is 11.9. The fourth-order valence-corrected chi connectivity index (χ4v) is 2.95. The van der Waals surface area contributed by atoms with Crippen molar-refractivity contribution in [1.29, 1.82) is 0 Å². The highest BCUT2D eigenvalue weighted by Gasteiger charge is 2.50. The lowest BCUT2D eigenvalue weighted by molar-refractivity contribution is -0.215. The van der Waals surface area contributed by atoms with E-state index in [-0.39, 0.29) is 18.5 Å². The number of nitrogens with zero attached hydrogens (tertiary/aromatic N) is 2. The van der Waals surface area contributed by atoms with Gasteiger partial charge in [-0.05, 0) is 26.8 Å². The largest absolute Gasteiger partial charge is 0.465 e. The van der Waals surface area contributed by atoms with Crippen molar-refractivity contribution in [3.05, 3.63) is 0 Å². The second-order valence-electron chi connectivity index (χ2n) is 7.22. The number of aldehydes is 1. The van der Waals surface area contributed by atoms with E-state index in [0.717, 1.165) is 12.3 Å². The van der Waals surface area contributed by atoms with Gasteiger partial charge in [-0.2, -0.15) is 5.01 Å². The molecule has 120 valence electrons. The van der Waals surface area contributed by atoms with Crippen LogP contribution in [0.5, 0.6) is 0 Å². The van der Waals surface area contributed by atoms with Gasteiger partial charge < -0.3 is 9.53 Å². The lowest BCUT2D eigenvalue weighted by Gasteiger charge is -2.53. The molecule has 21 heavy (non-hydrogen) atoms. The molecule has 0 aliphatic carbocycles. The number of rotatable bonds is 7. The summed E-state index contributed by atoms with van der Waals surface area (Å²) < 4.78 is 5.19. The first-order valence-corrected chi connectivity index (χ1v) is 10.9. The monoisotopic (exact) mass is 314 g/mol. The molecule has 6 nitrogen and oxygen atoms in total. The normalized spacial score (nSPS) is 20.2. The lowest BCUT2D eigenvalue weighted by atomic mass is 10.0. The number of esters is 1. The van der Waals surface area contributed by atoms with Crippen LogP contribution in [-0.2, 0) is 19.1 Å². The number of hydrazine groups is 1. The number of hydrogen-bond acceptors (Lipinski definition) is 5. The number of ether oxygens (including phenoxy) is 1. The predicted octanol–water partition coefficient (Wildman–Crippen LogP) is 1.29. The van der Waals surface area contributed by atoms with E-state index in [0.29, 0.717) is 6.61 Å². The minimum Gasteiger partial charge on any atom is -0.465 e. The lowest BCUT2D eigenvalue weighted by Crippen LogP contribution is -2.74. The Hall–Kier alpha value is -1.21. The van der Waals surface area contributed by atoms with Crippen LogP contribution in [0.25, 0.3) is 0 Å². The van der Waals surface area contributed by atoms with Gasteiger partial charge in [-0.15, -0.1) is 0 Å². The SMILES string of the molecule is CC1C(=O)N(CC(=O)OCC[Si](C)(C)C)N1C(C)(C)C=O. The summed E-state index contributed by atoms with van der Waals surface area (Å²) in [4.78, 5) is 34.8. The second kappa shape index (κ2) is 6.27. The predicted molar refractivity (Wildman–Crippen MR) is 82.3 cm³/mol. The zero-order valence-corrected chi connectivity index (χ0v) is 14.8. The first kappa shape index (κ1) is 17.8. The van der Waals surface area contributed by atoms with E-state index in [1.807, 2.05) is 0 Å². The van der Waals surface area contributed by atoms with Crippen molar-refractivity contribution >= 4 is 26.2 Å². The first-order valence-electron chi connectivity index (χ1n) is 7.22. The Morgan fingerprint density at radius 2 is 1.95 bits per heavy atom. The Balaban J connectivity index is 2.55. The molecule has 0 aromatic heterocycles. The van der Waals surface area contributed by atoms with E-state index in [9.17, 15) is 14.4 Å². The summed E-state index contributed by atoms with van der Waals surface area (Å²) >= 11 is 0. The van der Waals surface area contributed by atoms with E-state index < -0.39 is 19.6 Å². The Morgan fingerprint density at radius 3 is 2.43 bits per heavy atom. The molecule has 1 fully saturated rings. The summed E-state index contributed by atoms with van der Waals surface area (Å²) in [5.41, 5.74) is -0.814. The quantitative estimate of drug-likeness (QED) is 0.402. The van der Waals surface area contributed by atoms with Crippen LogP contribution in [0.4, 0.5) is 0 Å². The molecule has 0 N–H and O–H groups in total. The highest BCUT2D eigenvalue weighted by atomic mass is 28.3. The molecule has 1 rings (SSSR count). The molecule has 7 heteroatoms. The van der Waals surface area contributed by atoms with Crippen molar-refractivity contribution in [1.82, 2.24) is 10.0 Å². The number of carbonyl (C=O) groups is 3. The number of carbonyl (C=O) groups excluding carboxylic acids is 3. The van der Waals surface area contributed by atoms with Crippen molar-refractivity contribution in [2.24, 2.45) is 0 Å². The molecule has 0 spiro atoms. The molecule has 1 aliphatic rings. The number of amides is 1. The van der Waals surface area contributed by atoms with Gasteiger partial charge in [0.25, 0.3) is 5.91 Å². The summed E-state index contributed by atoms with van der Waals surface area (Å²) in [7, 11) is -1.25. The average molecular weight is 314 g/mol. The van der Waals surface area contributed by atoms with Crippen LogP contribution in [0.3, 0.4) is 0 Å². The molecule has 1 heterocycles. The van der Waals surface area contributed by atoms with Gasteiger partial charge in [0, 0.05) is 8.07 Å². The van der Waals surface area contributed by atoms with Crippen LogP contribution in [-0.4, -0.2) is 61.0 Å². The van der Waals surface area contributed by atoms with Gasteiger partial charge in [-0.3, -0.25) is 14.6 Å². The second-order valence-corrected chi connectivity index (χ2v) is 12.8. The van der Waals surface area contributed by atoms with Gasteiger partial charge in [0.1, 0.15) is 18.9 Å². The molecule has 1 unspecified atom stereocenters. The van der Waals surface area contributed by atoms with Gasteiger partial charge in [-0.25, -0.2) is 0 Å². The maximum absolute atomic E-state index is 11.9. The van der Waals surface area contributed by atoms with Crippen molar-refractivity contribution in [2.45, 2.75) is 58.0 Å². The van der Waals surface area contributed by atoms with Crippen molar-refractivity contribution < 1.29 is 19.1 Å². The molecule has 0 radical (unpaired) electrons. The third-order valence-corrected chi connectivity index (χ3v) is 5.22. The maximum Gasteiger partial charge on any atom is 0.327 e. The van der Waals surface area contributed by atoms with Crippen LogP contribution in [0.15, 0.2) is 0 Å². The molecule has 1 saturated heterocycles. The highest BCUT2D eigenvalue weighted by molar-refractivity contribution is 6.76. The van der Waals surface area contributed by atoms with Gasteiger partial charge in [-0.1, -0.05) is 19.6 Å². The van der Waals surface area contributed by atoms with Crippen LogP contribution in [0.1, 0.15) is 20.8 Å². The summed E-state index contributed by atoms with van der Waals surface area (Å²) in [6, 6.07) is 0.507. The summed E-state index contributed by atoms with van der Waals surface area (Å²) in [6.45, 7) is 12.0. The third kappa shape index (κ3) is 4.37. The van der Waals surface area contributed by atoms with Crippen LogP contribution in [0, 0.1) is 0 Å². The van der Waals surface area contributed by atoms with E-state index >= 15 is 0 Å². The smallest absolute Gasteiger partial charge is 0.327 e. The van der Waals surface area contributed by atoms with E-state index in [1.165, 1.54) is 5.01 Å². The van der Waals surface area contributed by atoms with Crippen molar-refractivity contribution in [3.8, 4) is 0 Å². The molecule has 1 aliphatic heterocycles. The van der Waals surface area contributed by atoms with Crippen LogP contribution in [0.2, 0.25) is 25.7 Å². The summed E-state index contributed by atoms with van der Waals surface area (Å²) in [6.07, 6.45) is 0.777. The molecule has 0 aromatic rings. The Labute approximate surface area is 127 Å². The zero-order chi connectivity index (χ0) is 16.4. The van der Waals surface area contributed by atoms with E-state index in [1.54, 1.807) is 25.8 Å². The molecule has 0 bridgehead atoms. The van der Waals surface area contributed by atoms with Gasteiger partial charge in [0.05, 0.1) is 12.1 Å². The molecule has 0 saturated carbocycles. The fourth-order valence-electron chi connectivity index (χ4n) is 2.24. The average Bonchev–Trinajstić information content (AvgIpc) is 2.35. The Morgan fingerprint density at radius 1 is 1.38 bits per heavy atom. The van der Waals surface area contributed by atoms with Crippen LogP contribution < -0.4 is 0 Å². The minimum atomic E-state index is -1.25. The molecule has 1 atom stereocenters. The highest BCUT2D eigenvalue weighted by Crippen LogP contribution is 2.28. The first-order chi connectivity index (χ1) is 9.49. The third-order valence-electron chi connectivity index (χ3n) is 3.51. The fraction of sp³-hybridized carbons (Fsp3) is 0.786. The molecule has 0 aromatic carbocycles. The zero-order valence-electron chi connectivity index (χ0n) is 13.8. The Kier molecular flexibility index (Phi) is 5.33. The van der Waals surface area contributed by atoms with Crippen molar-refractivity contribution in [3.63, 3.8) is 0 Å². The topological polar surface area (TPSA) is 66.9 Å². The Bertz CT molecular complexity index is 431. The van der Waals surface area contributed by atoms with E-state index in [2.05, 4.69) is 19.6 Å². The summed E-state index contributed by atoms with van der Waals surface area (Å²) in [5.74, 6) is -0.590. The minimum absolute atomic E-state index is 0.133. The van der Waals surface area contributed by atoms with Gasteiger partial charge >= 0.3 is 5.97 Å². The summed E-state index contributed by atoms with van der Waals surface area (Å²) in [5, 5.41) is 2.93. The van der Waals surface area contributed by atoms with Gasteiger partial charge in [0.15, 0.2) is 0 Å². The van der Waals surface area contributed by atoms with Gasteiger partial charge in [0.2, 0.25) is 0 Å². The number of hydrogen-bond donors (Lipinski definition) is 0. The van der Waals surface area contributed by atoms with Crippen LogP contribution >= 0.6 is 0 Å². The molecular formula is C14H26N2O4Si. The molecule has 1 amide bonds. The molecular weight excluding hydrogens is 288 g/mol. The van der Waals surface area contributed by atoms with Crippen molar-refractivity contribution in [2.75, 3.05) is 13.2 Å². The standard InChI is InChI=1S/C14H26N2O4Si/c1-11-13(19)15(16(11)14(2,3)10-17)9-12(18)20-7-8-21(4,5)6/h10-11H,7-9H2,1-6H3. The van der Waals surface area contributed by atoms with E-state index in [4.69, 9.17) is 4.74 Å².